The Labute approximate surface area is 178 Å². The normalized spacial score (nSPS) is 12.9. The summed E-state index contributed by atoms with van der Waals surface area (Å²) >= 11 is 0. The van der Waals surface area contributed by atoms with Gasteiger partial charge in [-0.2, -0.15) is 0 Å². The highest BCUT2D eigenvalue weighted by atomic mass is 16.5. The van der Waals surface area contributed by atoms with Crippen LogP contribution in [0.2, 0.25) is 0 Å². The lowest BCUT2D eigenvalue weighted by Crippen LogP contribution is -2.30. The molecule has 0 saturated heterocycles. The minimum absolute atomic E-state index is 0.0591. The van der Waals surface area contributed by atoms with Crippen LogP contribution in [-0.2, 0) is 27.2 Å². The number of esters is 1. The number of carbonyl (C=O) groups is 2. The van der Waals surface area contributed by atoms with Crippen molar-refractivity contribution in [1.82, 2.24) is 4.98 Å². The summed E-state index contributed by atoms with van der Waals surface area (Å²) in [6.45, 7) is 3.53. The largest absolute Gasteiger partial charge is 0.504 e. The summed E-state index contributed by atoms with van der Waals surface area (Å²) in [6, 6.07) is 7.11. The Kier molecular flexibility index (Phi) is 9.45. The van der Waals surface area contributed by atoms with Gasteiger partial charge in [-0.25, -0.2) is 0 Å². The van der Waals surface area contributed by atoms with E-state index in [4.69, 9.17) is 9.47 Å². The zero-order valence-corrected chi connectivity index (χ0v) is 18.1. The quantitative estimate of drug-likeness (QED) is 0.467. The molecule has 2 aromatic rings. The molecule has 0 saturated carbocycles. The molecule has 0 spiro atoms. The van der Waals surface area contributed by atoms with Crippen molar-refractivity contribution in [2.24, 2.45) is 5.92 Å². The lowest BCUT2D eigenvalue weighted by atomic mass is 9.87. The number of nitrogens with one attached hydrogen (secondary N) is 1. The van der Waals surface area contributed by atoms with Gasteiger partial charge in [0, 0.05) is 38.1 Å². The number of aromatic amines is 1. The summed E-state index contributed by atoms with van der Waals surface area (Å²) in [7, 11) is 1.49. The van der Waals surface area contributed by atoms with E-state index in [2.05, 4.69) is 11.9 Å². The van der Waals surface area contributed by atoms with Gasteiger partial charge in [0.2, 0.25) is 0 Å². The van der Waals surface area contributed by atoms with Crippen LogP contribution in [-0.4, -0.2) is 35.1 Å². The third-order valence-electron chi connectivity index (χ3n) is 5.30. The molecule has 2 unspecified atom stereocenters. The van der Waals surface area contributed by atoms with Gasteiger partial charge in [0.25, 0.3) is 0 Å². The van der Waals surface area contributed by atoms with Gasteiger partial charge in [-0.3, -0.25) is 9.59 Å². The van der Waals surface area contributed by atoms with Crippen molar-refractivity contribution in [2.45, 2.75) is 64.9 Å². The first-order valence-corrected chi connectivity index (χ1v) is 10.6. The van der Waals surface area contributed by atoms with E-state index >= 15 is 0 Å². The van der Waals surface area contributed by atoms with E-state index in [1.165, 1.54) is 14.0 Å². The maximum Gasteiger partial charge on any atom is 0.302 e. The van der Waals surface area contributed by atoms with Crippen molar-refractivity contribution in [3.05, 3.63) is 47.8 Å². The average Bonchev–Trinajstić information content (AvgIpc) is 3.23. The Bertz CT molecular complexity index is 800. The summed E-state index contributed by atoms with van der Waals surface area (Å²) in [5.41, 5.74) is 2.06. The monoisotopic (exact) mass is 415 g/mol. The molecule has 0 aliphatic carbocycles. The fourth-order valence-corrected chi connectivity index (χ4v) is 3.68. The highest BCUT2D eigenvalue weighted by Crippen LogP contribution is 2.28. The number of rotatable bonds is 13. The standard InChI is InChI=1S/C24H33NO5/c1-4-5-6-20(13-19-11-12-25-16-19)23(30-17(2)26)15-21(27)9-7-18-8-10-22(28)24(14-18)29-3/h8,10-12,14,16,20,23,25,28H,4-7,9,13,15H2,1-3H3. The maximum absolute atomic E-state index is 12.7. The van der Waals surface area contributed by atoms with Crippen LogP contribution >= 0.6 is 0 Å². The number of phenolic OH excluding ortho intramolecular Hbond substituents is 1. The molecule has 1 heterocycles. The summed E-state index contributed by atoms with van der Waals surface area (Å²) in [6.07, 6.45) is 8.25. The van der Waals surface area contributed by atoms with Crippen molar-refractivity contribution in [3.63, 3.8) is 0 Å². The number of carbonyl (C=O) groups excluding carboxylic acids is 2. The van der Waals surface area contributed by atoms with E-state index in [1.54, 1.807) is 18.2 Å². The predicted molar refractivity (Wildman–Crippen MR) is 116 cm³/mol. The van der Waals surface area contributed by atoms with E-state index in [1.807, 2.05) is 18.5 Å². The van der Waals surface area contributed by atoms with Crippen molar-refractivity contribution in [1.29, 1.82) is 0 Å². The number of Topliss-reactive ketones (excluding diaryl/α,β-unsaturated/α-hetero) is 1. The molecule has 2 atom stereocenters. The summed E-state index contributed by atoms with van der Waals surface area (Å²) in [5.74, 6) is 0.271. The summed E-state index contributed by atoms with van der Waals surface area (Å²) in [4.78, 5) is 27.5. The number of hydrogen-bond acceptors (Lipinski definition) is 5. The van der Waals surface area contributed by atoms with E-state index in [9.17, 15) is 14.7 Å². The number of phenols is 1. The smallest absolute Gasteiger partial charge is 0.302 e. The number of hydrogen-bond donors (Lipinski definition) is 2. The Morgan fingerprint density at radius 1 is 1.20 bits per heavy atom. The highest BCUT2D eigenvalue weighted by molar-refractivity contribution is 5.79. The SMILES string of the molecule is CCCCC(Cc1cc[nH]c1)C(CC(=O)CCc1ccc(O)c(OC)c1)OC(C)=O. The minimum Gasteiger partial charge on any atom is -0.504 e. The minimum atomic E-state index is -0.425. The van der Waals surface area contributed by atoms with Crippen LogP contribution in [0.25, 0.3) is 0 Å². The first-order valence-electron chi connectivity index (χ1n) is 10.6. The first-order chi connectivity index (χ1) is 14.4. The molecule has 2 N–H and O–H groups in total. The number of unbranched alkanes of at least 4 members (excludes halogenated alkanes) is 1. The zero-order valence-electron chi connectivity index (χ0n) is 18.1. The zero-order chi connectivity index (χ0) is 21.9. The molecule has 0 aliphatic rings. The molecule has 2 rings (SSSR count). The molecule has 30 heavy (non-hydrogen) atoms. The van der Waals surface area contributed by atoms with Crippen molar-refractivity contribution in [3.8, 4) is 11.5 Å². The molecule has 6 heteroatoms. The number of H-pyrrole nitrogens is 1. The van der Waals surface area contributed by atoms with Gasteiger partial charge in [0.1, 0.15) is 11.9 Å². The van der Waals surface area contributed by atoms with Crippen LogP contribution in [0.5, 0.6) is 11.5 Å². The van der Waals surface area contributed by atoms with Crippen molar-refractivity contribution < 1.29 is 24.2 Å². The number of aromatic hydroxyl groups is 1. The Hall–Kier alpha value is -2.76. The molecule has 0 radical (unpaired) electrons. The van der Waals surface area contributed by atoms with Gasteiger partial charge < -0.3 is 19.6 Å². The number of methoxy groups -OCH3 is 1. The van der Waals surface area contributed by atoms with Gasteiger partial charge in [0.05, 0.1) is 7.11 Å². The number of ketones is 1. The molecule has 1 aromatic carbocycles. The van der Waals surface area contributed by atoms with Crippen LogP contribution in [0.15, 0.2) is 36.7 Å². The van der Waals surface area contributed by atoms with Crippen LogP contribution < -0.4 is 4.74 Å². The summed E-state index contributed by atoms with van der Waals surface area (Å²) < 4.78 is 10.7. The van der Waals surface area contributed by atoms with Crippen molar-refractivity contribution >= 4 is 11.8 Å². The number of ether oxygens (including phenoxy) is 2. The predicted octanol–water partition coefficient (Wildman–Crippen LogP) is 4.60. The second-order valence-corrected chi connectivity index (χ2v) is 7.72. The number of benzene rings is 1. The molecule has 164 valence electrons. The van der Waals surface area contributed by atoms with Crippen LogP contribution in [0.4, 0.5) is 0 Å². The first kappa shape index (κ1) is 23.5. The lowest BCUT2D eigenvalue weighted by molar-refractivity contribution is -0.150. The number of aryl methyl sites for hydroxylation is 1. The molecule has 0 amide bonds. The average molecular weight is 416 g/mol. The Morgan fingerprint density at radius 3 is 2.63 bits per heavy atom. The van der Waals surface area contributed by atoms with E-state index in [-0.39, 0.29) is 29.8 Å². The second kappa shape index (κ2) is 12.1. The Morgan fingerprint density at radius 2 is 2.00 bits per heavy atom. The molecule has 1 aromatic heterocycles. The molecule has 0 bridgehead atoms. The fraction of sp³-hybridized carbons (Fsp3) is 0.500. The molecular weight excluding hydrogens is 382 g/mol. The van der Waals surface area contributed by atoms with Crippen LogP contribution in [0.3, 0.4) is 0 Å². The van der Waals surface area contributed by atoms with Crippen LogP contribution in [0.1, 0.15) is 57.1 Å². The molecular formula is C24H33NO5. The lowest BCUT2D eigenvalue weighted by Gasteiger charge is -2.26. The maximum atomic E-state index is 12.7. The van der Waals surface area contributed by atoms with Gasteiger partial charge in [-0.05, 0) is 48.6 Å². The van der Waals surface area contributed by atoms with Gasteiger partial charge in [0.15, 0.2) is 11.5 Å². The third-order valence-corrected chi connectivity index (χ3v) is 5.30. The van der Waals surface area contributed by atoms with E-state index in [0.717, 1.165) is 36.8 Å². The Balaban J connectivity index is 2.03. The summed E-state index contributed by atoms with van der Waals surface area (Å²) in [5, 5.41) is 9.71. The van der Waals surface area contributed by atoms with E-state index in [0.29, 0.717) is 18.6 Å². The molecule has 0 aliphatic heterocycles. The second-order valence-electron chi connectivity index (χ2n) is 7.72. The van der Waals surface area contributed by atoms with Gasteiger partial charge >= 0.3 is 5.97 Å². The van der Waals surface area contributed by atoms with Gasteiger partial charge in [-0.15, -0.1) is 0 Å². The highest BCUT2D eigenvalue weighted by Gasteiger charge is 2.27. The molecule has 0 fully saturated rings. The van der Waals surface area contributed by atoms with E-state index < -0.39 is 6.10 Å². The third kappa shape index (κ3) is 7.58. The topological polar surface area (TPSA) is 88.6 Å². The van der Waals surface area contributed by atoms with Crippen LogP contribution in [0, 0.1) is 5.92 Å². The fourth-order valence-electron chi connectivity index (χ4n) is 3.68. The van der Waals surface area contributed by atoms with Crippen molar-refractivity contribution in [2.75, 3.05) is 7.11 Å². The van der Waals surface area contributed by atoms with Gasteiger partial charge in [-0.1, -0.05) is 25.8 Å². The molecule has 6 nitrogen and oxygen atoms in total. The number of aromatic nitrogens is 1.